The average molecular weight is 303 g/mol. The van der Waals surface area contributed by atoms with Gasteiger partial charge in [-0.2, -0.15) is 0 Å². The van der Waals surface area contributed by atoms with Gasteiger partial charge in [0.05, 0.1) is 0 Å². The van der Waals surface area contributed by atoms with E-state index in [4.69, 9.17) is 4.42 Å². The fourth-order valence-electron chi connectivity index (χ4n) is 3.52. The zero-order valence-electron chi connectivity index (χ0n) is 13.4. The number of nitrogens with zero attached hydrogens (tertiary/aromatic N) is 1. The summed E-state index contributed by atoms with van der Waals surface area (Å²) < 4.78 is 19.2. The lowest BCUT2D eigenvalue weighted by atomic mass is 10.1. The Morgan fingerprint density at radius 3 is 2.64 bits per heavy atom. The first-order valence-electron chi connectivity index (χ1n) is 8.00. The largest absolute Gasteiger partial charge is 0.451 e. The topological polar surface area (TPSA) is 33.5 Å². The predicted molar refractivity (Wildman–Crippen MR) is 84.5 cm³/mol. The number of fused-ring (bicyclic) bond motifs is 1. The minimum atomic E-state index is -0.313. The highest BCUT2D eigenvalue weighted by Crippen LogP contribution is 2.31. The Labute approximate surface area is 130 Å². The highest BCUT2D eigenvalue weighted by molar-refractivity contribution is 5.99. The van der Waals surface area contributed by atoms with Crippen LogP contribution in [0.2, 0.25) is 0 Å². The molecule has 0 radical (unpaired) electrons. The van der Waals surface area contributed by atoms with Gasteiger partial charge in [-0.05, 0) is 51.8 Å². The van der Waals surface area contributed by atoms with Crippen LogP contribution in [0.25, 0.3) is 11.0 Å². The molecule has 0 unspecified atom stereocenters. The van der Waals surface area contributed by atoms with Gasteiger partial charge in [0.1, 0.15) is 11.4 Å². The normalized spacial score (nSPS) is 15.9. The third-order valence-electron chi connectivity index (χ3n) is 4.60. The predicted octanol–water partition coefficient (Wildman–Crippen LogP) is 4.67. The molecule has 2 aromatic rings. The van der Waals surface area contributed by atoms with Crippen LogP contribution in [-0.4, -0.2) is 22.9 Å². The average Bonchev–Trinajstić information content (AvgIpc) is 3.08. The number of halogens is 1. The molecule has 0 bridgehead atoms. The van der Waals surface area contributed by atoms with E-state index in [1.54, 1.807) is 6.07 Å². The molecular formula is C18H22FNO2. The molecule has 22 heavy (non-hydrogen) atoms. The van der Waals surface area contributed by atoms with Crippen LogP contribution in [0.4, 0.5) is 4.39 Å². The standard InChI is InChI=1S/C18H22FNO2/c1-11(2)20(14-6-4-5-7-14)18(21)17-12(3)15-10-13(19)8-9-16(15)22-17/h8-11,14H,4-7H2,1-3H3. The van der Waals surface area contributed by atoms with Crippen LogP contribution in [0.3, 0.4) is 0 Å². The van der Waals surface area contributed by atoms with Crippen LogP contribution >= 0.6 is 0 Å². The molecular weight excluding hydrogens is 281 g/mol. The molecule has 4 heteroatoms. The van der Waals surface area contributed by atoms with Crippen LogP contribution in [0.5, 0.6) is 0 Å². The number of hydrogen-bond donors (Lipinski definition) is 0. The molecule has 0 atom stereocenters. The molecule has 1 heterocycles. The molecule has 1 aliphatic rings. The molecule has 0 saturated heterocycles. The van der Waals surface area contributed by atoms with Crippen LogP contribution in [0, 0.1) is 12.7 Å². The first kappa shape index (κ1) is 15.1. The van der Waals surface area contributed by atoms with Gasteiger partial charge in [-0.25, -0.2) is 4.39 Å². The Hall–Kier alpha value is -1.84. The number of furan rings is 1. The smallest absolute Gasteiger partial charge is 0.290 e. The van der Waals surface area contributed by atoms with Crippen LogP contribution < -0.4 is 0 Å². The Bertz CT molecular complexity index is 698. The molecule has 0 N–H and O–H groups in total. The molecule has 3 nitrogen and oxygen atoms in total. The molecule has 0 spiro atoms. The molecule has 0 aliphatic heterocycles. The molecule has 118 valence electrons. The maximum absolute atomic E-state index is 13.4. The zero-order chi connectivity index (χ0) is 15.9. The molecule has 1 aromatic heterocycles. The van der Waals surface area contributed by atoms with Crippen molar-refractivity contribution in [2.24, 2.45) is 0 Å². The highest BCUT2D eigenvalue weighted by Gasteiger charge is 2.32. The van der Waals surface area contributed by atoms with E-state index in [1.165, 1.54) is 25.0 Å². The van der Waals surface area contributed by atoms with Gasteiger partial charge in [0.25, 0.3) is 5.91 Å². The number of hydrogen-bond acceptors (Lipinski definition) is 2. The van der Waals surface area contributed by atoms with Crippen molar-refractivity contribution in [3.63, 3.8) is 0 Å². The van der Waals surface area contributed by atoms with Gasteiger partial charge in [-0.1, -0.05) is 12.8 Å². The van der Waals surface area contributed by atoms with Crippen molar-refractivity contribution in [2.45, 2.75) is 58.5 Å². The summed E-state index contributed by atoms with van der Waals surface area (Å²) in [5.74, 6) is -0.0379. The van der Waals surface area contributed by atoms with Gasteiger partial charge in [-0.15, -0.1) is 0 Å². The zero-order valence-corrected chi connectivity index (χ0v) is 13.4. The van der Waals surface area contributed by atoms with E-state index in [9.17, 15) is 9.18 Å². The van der Waals surface area contributed by atoms with Crippen LogP contribution in [0.1, 0.15) is 55.6 Å². The quantitative estimate of drug-likeness (QED) is 0.825. The van der Waals surface area contributed by atoms with Gasteiger partial charge in [0.15, 0.2) is 5.76 Å². The lowest BCUT2D eigenvalue weighted by Crippen LogP contribution is -2.43. The number of aryl methyl sites for hydroxylation is 1. The second kappa shape index (κ2) is 5.75. The Morgan fingerprint density at radius 1 is 1.32 bits per heavy atom. The monoisotopic (exact) mass is 303 g/mol. The fraction of sp³-hybridized carbons (Fsp3) is 0.500. The van der Waals surface area contributed by atoms with E-state index in [-0.39, 0.29) is 23.8 Å². The summed E-state index contributed by atoms with van der Waals surface area (Å²) in [6, 6.07) is 4.79. The van der Waals surface area contributed by atoms with Crippen molar-refractivity contribution >= 4 is 16.9 Å². The number of benzene rings is 1. The Balaban J connectivity index is 2.01. The Kier molecular flexibility index (Phi) is 3.94. The summed E-state index contributed by atoms with van der Waals surface area (Å²) >= 11 is 0. The van der Waals surface area contributed by atoms with Gasteiger partial charge in [0.2, 0.25) is 0 Å². The van der Waals surface area contributed by atoms with Gasteiger partial charge in [0, 0.05) is 23.0 Å². The molecule has 3 rings (SSSR count). The lowest BCUT2D eigenvalue weighted by molar-refractivity contribution is 0.0581. The molecule has 1 amide bonds. The third kappa shape index (κ3) is 2.51. The van der Waals surface area contributed by atoms with Crippen LogP contribution in [-0.2, 0) is 0 Å². The van der Waals surface area contributed by atoms with Gasteiger partial charge >= 0.3 is 0 Å². The molecule has 1 aliphatic carbocycles. The second-order valence-corrected chi connectivity index (χ2v) is 6.44. The van der Waals surface area contributed by atoms with Gasteiger partial charge in [-0.3, -0.25) is 4.79 Å². The van der Waals surface area contributed by atoms with Crippen molar-refractivity contribution in [1.29, 1.82) is 0 Å². The number of amides is 1. The summed E-state index contributed by atoms with van der Waals surface area (Å²) in [7, 11) is 0. The molecule has 1 aromatic carbocycles. The number of carbonyl (C=O) groups is 1. The van der Waals surface area contributed by atoms with E-state index >= 15 is 0 Å². The van der Waals surface area contributed by atoms with Crippen molar-refractivity contribution in [2.75, 3.05) is 0 Å². The summed E-state index contributed by atoms with van der Waals surface area (Å²) in [5, 5.41) is 0.679. The summed E-state index contributed by atoms with van der Waals surface area (Å²) in [6.07, 6.45) is 4.45. The SMILES string of the molecule is Cc1c(C(=O)N(C(C)C)C2CCCC2)oc2ccc(F)cc12. The summed E-state index contributed by atoms with van der Waals surface area (Å²) in [4.78, 5) is 14.9. The maximum Gasteiger partial charge on any atom is 0.290 e. The maximum atomic E-state index is 13.4. The van der Waals surface area contributed by atoms with Crippen LogP contribution in [0.15, 0.2) is 22.6 Å². The number of rotatable bonds is 3. The summed E-state index contributed by atoms with van der Waals surface area (Å²) in [6.45, 7) is 5.90. The second-order valence-electron chi connectivity index (χ2n) is 6.44. The minimum absolute atomic E-state index is 0.0731. The van der Waals surface area contributed by atoms with Gasteiger partial charge < -0.3 is 9.32 Å². The van der Waals surface area contributed by atoms with Crippen molar-refractivity contribution < 1.29 is 13.6 Å². The highest BCUT2D eigenvalue weighted by atomic mass is 19.1. The third-order valence-corrected chi connectivity index (χ3v) is 4.60. The van der Waals surface area contributed by atoms with Crippen molar-refractivity contribution in [1.82, 2.24) is 4.90 Å². The van der Waals surface area contributed by atoms with E-state index in [0.29, 0.717) is 16.7 Å². The first-order chi connectivity index (χ1) is 10.5. The van der Waals surface area contributed by atoms with E-state index in [2.05, 4.69) is 0 Å². The first-order valence-corrected chi connectivity index (χ1v) is 8.00. The Morgan fingerprint density at radius 2 is 2.00 bits per heavy atom. The molecule has 1 fully saturated rings. The van der Waals surface area contributed by atoms with Crippen molar-refractivity contribution in [3.05, 3.63) is 35.3 Å². The number of carbonyl (C=O) groups excluding carboxylic acids is 1. The lowest BCUT2D eigenvalue weighted by Gasteiger charge is -2.32. The van der Waals surface area contributed by atoms with Crippen molar-refractivity contribution in [3.8, 4) is 0 Å². The minimum Gasteiger partial charge on any atom is -0.451 e. The summed E-state index contributed by atoms with van der Waals surface area (Å²) in [5.41, 5.74) is 1.29. The molecule has 1 saturated carbocycles. The fourth-order valence-corrected chi connectivity index (χ4v) is 3.52. The van der Waals surface area contributed by atoms with E-state index < -0.39 is 0 Å². The van der Waals surface area contributed by atoms with E-state index in [0.717, 1.165) is 18.4 Å². The van der Waals surface area contributed by atoms with E-state index in [1.807, 2.05) is 25.7 Å².